The zero-order chi connectivity index (χ0) is 11.1. The van der Waals surface area contributed by atoms with Crippen LogP contribution in [0.15, 0.2) is 22.6 Å². The molecule has 0 atom stereocenters. The second kappa shape index (κ2) is 3.52. The minimum Gasteiger partial charge on any atom is -0.297 e. The molecule has 0 bridgehead atoms. The van der Waals surface area contributed by atoms with Gasteiger partial charge in [0.2, 0.25) is 0 Å². The van der Waals surface area contributed by atoms with Crippen LogP contribution >= 0.6 is 11.3 Å². The highest BCUT2D eigenvalue weighted by atomic mass is 32.1. The lowest BCUT2D eigenvalue weighted by molar-refractivity contribution is -0.120. The Kier molecular flexibility index (Phi) is 2.14. The average molecular weight is 234 g/mol. The largest absolute Gasteiger partial charge is 0.297 e. The van der Waals surface area contributed by atoms with Gasteiger partial charge in [0.15, 0.2) is 5.78 Å². The van der Waals surface area contributed by atoms with E-state index in [0.29, 0.717) is 10.2 Å². The molecule has 1 aliphatic rings. The van der Waals surface area contributed by atoms with Crippen LogP contribution in [0.3, 0.4) is 0 Å². The van der Waals surface area contributed by atoms with E-state index in [4.69, 9.17) is 0 Å². The molecular formula is C11H10N2O2S. The van der Waals surface area contributed by atoms with Gasteiger partial charge in [0.25, 0.3) is 5.56 Å². The molecule has 2 aromatic rings. The topological polar surface area (TPSA) is 52.0 Å². The zero-order valence-electron chi connectivity index (χ0n) is 8.55. The van der Waals surface area contributed by atoms with Gasteiger partial charge in [-0.1, -0.05) is 0 Å². The normalized spacial score (nSPS) is 15.5. The van der Waals surface area contributed by atoms with Gasteiger partial charge in [0.05, 0.1) is 18.4 Å². The monoisotopic (exact) mass is 234 g/mol. The predicted molar refractivity (Wildman–Crippen MR) is 61.6 cm³/mol. The van der Waals surface area contributed by atoms with Gasteiger partial charge >= 0.3 is 0 Å². The average Bonchev–Trinajstić information content (AvgIpc) is 3.01. The highest BCUT2D eigenvalue weighted by molar-refractivity contribution is 7.17. The van der Waals surface area contributed by atoms with Crippen LogP contribution in [0, 0.1) is 5.92 Å². The van der Waals surface area contributed by atoms with E-state index in [1.54, 1.807) is 0 Å². The summed E-state index contributed by atoms with van der Waals surface area (Å²) in [6.45, 7) is 0.171. The zero-order valence-corrected chi connectivity index (χ0v) is 9.37. The fourth-order valence-electron chi connectivity index (χ4n) is 1.69. The number of nitrogens with zero attached hydrogens (tertiary/aromatic N) is 2. The summed E-state index contributed by atoms with van der Waals surface area (Å²) in [5, 5.41) is 1.84. The minimum atomic E-state index is -0.103. The lowest BCUT2D eigenvalue weighted by Crippen LogP contribution is -2.24. The van der Waals surface area contributed by atoms with Gasteiger partial charge in [0, 0.05) is 5.92 Å². The predicted octanol–water partition coefficient (Wildman–Crippen LogP) is 1.44. The summed E-state index contributed by atoms with van der Waals surface area (Å²) >= 11 is 1.37. The number of rotatable bonds is 3. The Labute approximate surface area is 95.5 Å². The van der Waals surface area contributed by atoms with Crippen molar-refractivity contribution in [2.75, 3.05) is 0 Å². The van der Waals surface area contributed by atoms with E-state index in [2.05, 4.69) is 4.98 Å². The van der Waals surface area contributed by atoms with E-state index in [0.717, 1.165) is 12.8 Å². The lowest BCUT2D eigenvalue weighted by Gasteiger charge is -2.02. The molecule has 0 saturated heterocycles. The Balaban J connectivity index is 1.99. The van der Waals surface area contributed by atoms with Gasteiger partial charge in [-0.05, 0) is 24.3 Å². The first-order chi connectivity index (χ1) is 7.75. The Hall–Kier alpha value is -1.49. The molecule has 0 spiro atoms. The molecule has 16 heavy (non-hydrogen) atoms. The molecule has 2 aromatic heterocycles. The molecule has 1 saturated carbocycles. The third-order valence-corrected chi connectivity index (χ3v) is 3.69. The highest BCUT2D eigenvalue weighted by Crippen LogP contribution is 2.30. The molecule has 0 aromatic carbocycles. The molecule has 82 valence electrons. The summed E-state index contributed by atoms with van der Waals surface area (Å²) in [5.41, 5.74) is 0.610. The molecule has 3 rings (SSSR count). The number of ketones is 1. The van der Waals surface area contributed by atoms with Crippen LogP contribution in [0.25, 0.3) is 10.2 Å². The SMILES string of the molecule is O=C(Cn1cnc2ccsc2c1=O)C1CC1. The Morgan fingerprint density at radius 3 is 3.12 bits per heavy atom. The van der Waals surface area contributed by atoms with Crippen LogP contribution in [0.1, 0.15) is 12.8 Å². The van der Waals surface area contributed by atoms with Gasteiger partial charge in [-0.3, -0.25) is 14.2 Å². The quantitative estimate of drug-likeness (QED) is 0.807. The molecule has 1 fully saturated rings. The third-order valence-electron chi connectivity index (χ3n) is 2.79. The molecule has 5 heteroatoms. The number of fused-ring (bicyclic) bond motifs is 1. The number of carbonyl (C=O) groups excluding carboxylic acids is 1. The summed E-state index contributed by atoms with van der Waals surface area (Å²) in [7, 11) is 0. The maximum absolute atomic E-state index is 11.9. The first-order valence-electron chi connectivity index (χ1n) is 5.21. The molecule has 0 unspecified atom stereocenters. The maximum Gasteiger partial charge on any atom is 0.271 e. The van der Waals surface area contributed by atoms with E-state index >= 15 is 0 Å². The Bertz CT molecular complexity index is 610. The van der Waals surface area contributed by atoms with Gasteiger partial charge in [-0.2, -0.15) is 0 Å². The smallest absolute Gasteiger partial charge is 0.271 e. The molecule has 0 amide bonds. The van der Waals surface area contributed by atoms with Crippen molar-refractivity contribution in [1.29, 1.82) is 0 Å². The summed E-state index contributed by atoms with van der Waals surface area (Å²) in [6, 6.07) is 1.81. The molecule has 4 nitrogen and oxygen atoms in total. The molecule has 0 aliphatic heterocycles. The van der Waals surface area contributed by atoms with Gasteiger partial charge in [-0.25, -0.2) is 4.98 Å². The minimum absolute atomic E-state index is 0.103. The van der Waals surface area contributed by atoms with Crippen molar-refractivity contribution >= 4 is 27.3 Å². The van der Waals surface area contributed by atoms with Crippen LogP contribution in [0.5, 0.6) is 0 Å². The summed E-state index contributed by atoms with van der Waals surface area (Å²) in [5.74, 6) is 0.339. The summed E-state index contributed by atoms with van der Waals surface area (Å²) in [4.78, 5) is 27.7. The number of hydrogen-bond acceptors (Lipinski definition) is 4. The summed E-state index contributed by atoms with van der Waals surface area (Å²) < 4.78 is 2.05. The van der Waals surface area contributed by atoms with Gasteiger partial charge < -0.3 is 0 Å². The Morgan fingerprint density at radius 1 is 1.56 bits per heavy atom. The number of aromatic nitrogens is 2. The summed E-state index contributed by atoms with van der Waals surface area (Å²) in [6.07, 6.45) is 3.42. The van der Waals surface area contributed by atoms with E-state index in [-0.39, 0.29) is 23.8 Å². The first kappa shape index (κ1) is 9.72. The highest BCUT2D eigenvalue weighted by Gasteiger charge is 2.29. The standard InChI is InChI=1S/C11H10N2O2S/c14-9(7-1-2-7)5-13-6-12-8-3-4-16-10(8)11(13)15/h3-4,6-7H,1-2,5H2. The second-order valence-electron chi connectivity index (χ2n) is 4.05. The maximum atomic E-state index is 11.9. The van der Waals surface area contributed by atoms with Crippen molar-refractivity contribution in [1.82, 2.24) is 9.55 Å². The molecule has 0 N–H and O–H groups in total. The van der Waals surface area contributed by atoms with Crippen LogP contribution in [-0.4, -0.2) is 15.3 Å². The van der Waals surface area contributed by atoms with E-state index in [9.17, 15) is 9.59 Å². The van der Waals surface area contributed by atoms with Crippen LogP contribution in [0.2, 0.25) is 0 Å². The molecule has 0 radical (unpaired) electrons. The number of thiophene rings is 1. The Morgan fingerprint density at radius 2 is 2.38 bits per heavy atom. The number of hydrogen-bond donors (Lipinski definition) is 0. The van der Waals surface area contributed by atoms with Crippen LogP contribution in [0.4, 0.5) is 0 Å². The lowest BCUT2D eigenvalue weighted by atomic mass is 10.2. The fourth-order valence-corrected chi connectivity index (χ4v) is 2.49. The van der Waals surface area contributed by atoms with Crippen molar-refractivity contribution in [3.8, 4) is 0 Å². The number of carbonyl (C=O) groups is 1. The van der Waals surface area contributed by atoms with Gasteiger partial charge in [0.1, 0.15) is 4.70 Å². The van der Waals surface area contributed by atoms with Crippen molar-refractivity contribution < 1.29 is 4.79 Å². The van der Waals surface area contributed by atoms with Crippen molar-refractivity contribution in [3.05, 3.63) is 28.1 Å². The molecule has 1 aliphatic carbocycles. The molecule has 2 heterocycles. The first-order valence-corrected chi connectivity index (χ1v) is 6.09. The van der Waals surface area contributed by atoms with E-state index < -0.39 is 0 Å². The van der Waals surface area contributed by atoms with Crippen LogP contribution in [-0.2, 0) is 11.3 Å². The fraction of sp³-hybridized carbons (Fsp3) is 0.364. The van der Waals surface area contributed by atoms with E-state index in [1.165, 1.54) is 22.2 Å². The van der Waals surface area contributed by atoms with Crippen molar-refractivity contribution in [2.45, 2.75) is 19.4 Å². The van der Waals surface area contributed by atoms with Gasteiger partial charge in [-0.15, -0.1) is 11.3 Å². The van der Waals surface area contributed by atoms with Crippen molar-refractivity contribution in [3.63, 3.8) is 0 Å². The van der Waals surface area contributed by atoms with Crippen molar-refractivity contribution in [2.24, 2.45) is 5.92 Å². The van der Waals surface area contributed by atoms with Crippen LogP contribution < -0.4 is 5.56 Å². The molecular weight excluding hydrogens is 224 g/mol. The van der Waals surface area contributed by atoms with E-state index in [1.807, 2.05) is 11.4 Å². The third kappa shape index (κ3) is 1.57. The second-order valence-corrected chi connectivity index (χ2v) is 4.97. The number of Topliss-reactive ketones (excluding diaryl/α,β-unsaturated/α-hetero) is 1.